The van der Waals surface area contributed by atoms with E-state index in [4.69, 9.17) is 4.42 Å². The standard InChI is InChI=1S/C30H20N2O2/c33-26-16-17-27-30(20-26)34-29-18-13-22(19-28(29)31-27)21-11-14-25(15-12-21)32(23-7-3-1-4-8-23)24-9-5-2-6-10-24/h1-20H. The van der Waals surface area contributed by atoms with Crippen LogP contribution >= 0.6 is 0 Å². The zero-order valence-electron chi connectivity index (χ0n) is 18.3. The van der Waals surface area contributed by atoms with Gasteiger partial charge in [-0.2, -0.15) is 0 Å². The summed E-state index contributed by atoms with van der Waals surface area (Å²) in [6, 6.07) is 39.8. The Labute approximate surface area is 196 Å². The first-order chi connectivity index (χ1) is 16.7. The van der Waals surface area contributed by atoms with Gasteiger partial charge in [-0.3, -0.25) is 4.79 Å². The second-order valence-corrected chi connectivity index (χ2v) is 8.08. The van der Waals surface area contributed by atoms with Crippen LogP contribution in [-0.4, -0.2) is 4.98 Å². The summed E-state index contributed by atoms with van der Waals surface area (Å²) in [5, 5.41) is 0. The molecule has 0 spiro atoms. The number of anilines is 3. The van der Waals surface area contributed by atoms with Crippen molar-refractivity contribution in [2.24, 2.45) is 0 Å². The number of benzene rings is 5. The average molecular weight is 441 g/mol. The van der Waals surface area contributed by atoms with E-state index in [1.807, 2.05) is 54.6 Å². The number of rotatable bonds is 4. The Morgan fingerprint density at radius 3 is 1.88 bits per heavy atom. The molecule has 1 aliphatic carbocycles. The minimum absolute atomic E-state index is 0.0887. The SMILES string of the molecule is O=c1ccc2nc3cc(-c4ccc(N(c5ccccc5)c5ccccc5)cc4)ccc3oc-2c1. The van der Waals surface area contributed by atoms with Crippen LogP contribution in [0.25, 0.3) is 33.7 Å². The Morgan fingerprint density at radius 2 is 1.21 bits per heavy atom. The van der Waals surface area contributed by atoms with E-state index in [9.17, 15) is 4.79 Å². The highest BCUT2D eigenvalue weighted by Crippen LogP contribution is 2.35. The molecule has 1 heterocycles. The monoisotopic (exact) mass is 440 g/mol. The molecule has 6 rings (SSSR count). The zero-order valence-corrected chi connectivity index (χ0v) is 18.3. The smallest absolute Gasteiger partial charge is 0.182 e. The number of aromatic nitrogens is 1. The molecule has 0 atom stereocenters. The van der Waals surface area contributed by atoms with Crippen LogP contribution in [0.1, 0.15) is 0 Å². The quantitative estimate of drug-likeness (QED) is 0.267. The molecular formula is C30H20N2O2. The molecule has 4 nitrogen and oxygen atoms in total. The molecule has 4 heteroatoms. The second kappa shape index (κ2) is 8.34. The van der Waals surface area contributed by atoms with E-state index in [0.717, 1.165) is 33.7 Å². The van der Waals surface area contributed by atoms with E-state index < -0.39 is 0 Å². The lowest BCUT2D eigenvalue weighted by molar-refractivity contribution is 0.612. The van der Waals surface area contributed by atoms with Gasteiger partial charge >= 0.3 is 0 Å². The highest BCUT2D eigenvalue weighted by Gasteiger charge is 2.13. The highest BCUT2D eigenvalue weighted by atomic mass is 16.3. The van der Waals surface area contributed by atoms with Gasteiger partial charge in [0.15, 0.2) is 16.8 Å². The van der Waals surface area contributed by atoms with Crippen molar-refractivity contribution in [3.63, 3.8) is 0 Å². The van der Waals surface area contributed by atoms with Gasteiger partial charge in [-0.05, 0) is 71.8 Å². The van der Waals surface area contributed by atoms with E-state index in [1.165, 1.54) is 12.1 Å². The second-order valence-electron chi connectivity index (χ2n) is 8.08. The summed E-state index contributed by atoms with van der Waals surface area (Å²) < 4.78 is 5.90. The molecule has 0 amide bonds. The van der Waals surface area contributed by atoms with Crippen LogP contribution in [-0.2, 0) is 0 Å². The minimum atomic E-state index is -0.0887. The minimum Gasteiger partial charge on any atom is -0.453 e. The van der Waals surface area contributed by atoms with Crippen LogP contribution in [0, 0.1) is 0 Å². The van der Waals surface area contributed by atoms with E-state index in [2.05, 4.69) is 58.4 Å². The van der Waals surface area contributed by atoms with Gasteiger partial charge in [-0.25, -0.2) is 4.98 Å². The van der Waals surface area contributed by atoms with Crippen LogP contribution < -0.4 is 10.3 Å². The summed E-state index contributed by atoms with van der Waals surface area (Å²) in [5.74, 6) is 0.499. The number of hydrogen-bond acceptors (Lipinski definition) is 4. The maximum Gasteiger partial charge on any atom is 0.182 e. The first-order valence-corrected chi connectivity index (χ1v) is 11.1. The van der Waals surface area contributed by atoms with Gasteiger partial charge in [0.05, 0.1) is 0 Å². The summed E-state index contributed by atoms with van der Waals surface area (Å²) in [7, 11) is 0. The summed E-state index contributed by atoms with van der Waals surface area (Å²) in [6.45, 7) is 0. The Morgan fingerprint density at radius 1 is 0.588 bits per heavy atom. The third-order valence-corrected chi connectivity index (χ3v) is 5.84. The van der Waals surface area contributed by atoms with Gasteiger partial charge < -0.3 is 9.32 Å². The van der Waals surface area contributed by atoms with Crippen molar-refractivity contribution in [1.82, 2.24) is 4.98 Å². The molecule has 0 bridgehead atoms. The van der Waals surface area contributed by atoms with Crippen molar-refractivity contribution in [3.05, 3.63) is 132 Å². The van der Waals surface area contributed by atoms with Crippen LogP contribution in [0.4, 0.5) is 17.1 Å². The Balaban J connectivity index is 1.39. The maximum absolute atomic E-state index is 11.6. The molecule has 1 aliphatic heterocycles. The van der Waals surface area contributed by atoms with E-state index in [-0.39, 0.29) is 5.43 Å². The van der Waals surface area contributed by atoms with Crippen LogP contribution in [0.3, 0.4) is 0 Å². The molecule has 0 unspecified atom stereocenters. The third kappa shape index (κ3) is 3.71. The molecule has 4 aromatic carbocycles. The third-order valence-electron chi connectivity index (χ3n) is 5.84. The predicted octanol–water partition coefficient (Wildman–Crippen LogP) is 7.43. The van der Waals surface area contributed by atoms with E-state index in [0.29, 0.717) is 17.0 Å². The number of nitrogens with zero attached hydrogens (tertiary/aromatic N) is 2. The fraction of sp³-hybridized carbons (Fsp3) is 0. The molecule has 0 radical (unpaired) electrons. The summed E-state index contributed by atoms with van der Waals surface area (Å²) in [6.07, 6.45) is 0. The molecule has 0 saturated carbocycles. The fourth-order valence-electron chi connectivity index (χ4n) is 4.19. The lowest BCUT2D eigenvalue weighted by Gasteiger charge is -2.25. The lowest BCUT2D eigenvalue weighted by Crippen LogP contribution is -2.09. The van der Waals surface area contributed by atoms with Crippen molar-refractivity contribution in [1.29, 1.82) is 0 Å². The van der Waals surface area contributed by atoms with Crippen molar-refractivity contribution >= 4 is 28.2 Å². The van der Waals surface area contributed by atoms with Crippen LogP contribution in [0.2, 0.25) is 0 Å². The fourth-order valence-corrected chi connectivity index (χ4v) is 4.19. The van der Waals surface area contributed by atoms with Gasteiger partial charge in [0.1, 0.15) is 11.2 Å². The zero-order chi connectivity index (χ0) is 22.9. The van der Waals surface area contributed by atoms with Gasteiger partial charge in [0.25, 0.3) is 0 Å². The number of fused-ring (bicyclic) bond motifs is 2. The largest absolute Gasteiger partial charge is 0.453 e. The summed E-state index contributed by atoms with van der Waals surface area (Å²) >= 11 is 0. The predicted molar refractivity (Wildman–Crippen MR) is 137 cm³/mol. The van der Waals surface area contributed by atoms with Crippen LogP contribution in [0.5, 0.6) is 0 Å². The normalized spacial score (nSPS) is 11.1. The molecule has 0 aromatic heterocycles. The molecule has 4 aromatic rings. The molecule has 162 valence electrons. The first-order valence-electron chi connectivity index (χ1n) is 11.1. The number of para-hydroxylation sites is 2. The van der Waals surface area contributed by atoms with Gasteiger partial charge in [-0.1, -0.05) is 54.6 Å². The molecule has 0 saturated heterocycles. The first kappa shape index (κ1) is 19.9. The number of hydrogen-bond donors (Lipinski definition) is 0. The Bertz CT molecular complexity index is 1570. The lowest BCUT2D eigenvalue weighted by atomic mass is 10.0. The molecule has 34 heavy (non-hydrogen) atoms. The molecular weight excluding hydrogens is 420 g/mol. The maximum atomic E-state index is 11.6. The van der Waals surface area contributed by atoms with E-state index in [1.54, 1.807) is 6.07 Å². The van der Waals surface area contributed by atoms with Gasteiger partial charge in [0.2, 0.25) is 0 Å². The Hall–Kier alpha value is -4.70. The highest BCUT2D eigenvalue weighted by molar-refractivity contribution is 5.83. The van der Waals surface area contributed by atoms with Crippen molar-refractivity contribution in [3.8, 4) is 22.6 Å². The summed E-state index contributed by atoms with van der Waals surface area (Å²) in [4.78, 5) is 18.6. The van der Waals surface area contributed by atoms with Crippen molar-refractivity contribution in [2.75, 3.05) is 4.90 Å². The molecule has 0 fully saturated rings. The topological polar surface area (TPSA) is 46.3 Å². The van der Waals surface area contributed by atoms with Gasteiger partial charge in [-0.15, -0.1) is 0 Å². The van der Waals surface area contributed by atoms with E-state index >= 15 is 0 Å². The summed E-state index contributed by atoms with van der Waals surface area (Å²) in [5.41, 5.74) is 7.40. The Kier molecular flexibility index (Phi) is 4.89. The molecule has 0 N–H and O–H groups in total. The average Bonchev–Trinajstić information content (AvgIpc) is 2.89. The van der Waals surface area contributed by atoms with Gasteiger partial charge in [0, 0.05) is 23.1 Å². The van der Waals surface area contributed by atoms with Crippen LogP contribution in [0.15, 0.2) is 131 Å². The van der Waals surface area contributed by atoms with Crippen molar-refractivity contribution < 1.29 is 4.42 Å². The molecule has 2 aliphatic rings. The van der Waals surface area contributed by atoms with Crippen molar-refractivity contribution in [2.45, 2.75) is 0 Å².